The van der Waals surface area contributed by atoms with Gasteiger partial charge in [-0.2, -0.15) is 4.98 Å². The van der Waals surface area contributed by atoms with E-state index in [-0.39, 0.29) is 22.8 Å². The maximum Gasteiger partial charge on any atom is 0.225 e. The summed E-state index contributed by atoms with van der Waals surface area (Å²) >= 11 is 5.78. The van der Waals surface area contributed by atoms with Crippen LogP contribution >= 0.6 is 11.6 Å². The maximum atomic E-state index is 14.5. The molecule has 10 heteroatoms. The van der Waals surface area contributed by atoms with Crippen molar-refractivity contribution >= 4 is 40.3 Å². The van der Waals surface area contributed by atoms with Crippen molar-refractivity contribution in [2.75, 3.05) is 23.8 Å². The summed E-state index contributed by atoms with van der Waals surface area (Å²) in [7, 11) is 0. The zero-order chi connectivity index (χ0) is 22.1. The summed E-state index contributed by atoms with van der Waals surface area (Å²) in [6.45, 7) is 1.39. The molecule has 5 rings (SSSR count). The molecule has 2 aliphatic rings. The molecule has 0 amide bonds. The minimum Gasteiger partial charge on any atom is -0.379 e. The van der Waals surface area contributed by atoms with Gasteiger partial charge in [0.2, 0.25) is 11.9 Å². The fourth-order valence-electron chi connectivity index (χ4n) is 4.54. The molecule has 3 aromatic rings. The Bertz CT molecular complexity index is 1090. The topological polar surface area (TPSA) is 76.9 Å². The van der Waals surface area contributed by atoms with Crippen molar-refractivity contribution in [3.05, 3.63) is 35.0 Å². The molecule has 1 saturated carbocycles. The van der Waals surface area contributed by atoms with Gasteiger partial charge in [-0.25, -0.2) is 18.7 Å². The number of nitrogens with zero attached hydrogens (tertiary/aromatic N) is 4. The molecule has 2 N–H and O–H groups in total. The van der Waals surface area contributed by atoms with E-state index >= 15 is 0 Å². The predicted molar refractivity (Wildman–Crippen MR) is 120 cm³/mol. The van der Waals surface area contributed by atoms with Gasteiger partial charge < -0.3 is 15.4 Å². The van der Waals surface area contributed by atoms with Crippen molar-refractivity contribution < 1.29 is 13.5 Å². The normalized spacial score (nSPS) is 19.9. The van der Waals surface area contributed by atoms with Crippen molar-refractivity contribution in [2.45, 2.75) is 57.0 Å². The highest BCUT2D eigenvalue weighted by molar-refractivity contribution is 6.30. The number of ether oxygens (including phenoxy) is 1. The number of hydrogen-bond acceptors (Lipinski definition) is 6. The van der Waals surface area contributed by atoms with Crippen molar-refractivity contribution in [3.8, 4) is 0 Å². The number of benzene rings is 1. The molecule has 2 fully saturated rings. The lowest BCUT2D eigenvalue weighted by atomic mass is 9.95. The summed E-state index contributed by atoms with van der Waals surface area (Å²) in [5.41, 5.74) is 0.925. The first-order chi connectivity index (χ1) is 15.6. The van der Waals surface area contributed by atoms with E-state index in [1.807, 2.05) is 4.57 Å². The summed E-state index contributed by atoms with van der Waals surface area (Å²) in [6.07, 6.45) is 8.89. The second-order valence-corrected chi connectivity index (χ2v) is 8.86. The maximum absolute atomic E-state index is 14.5. The van der Waals surface area contributed by atoms with Crippen molar-refractivity contribution in [2.24, 2.45) is 0 Å². The highest BCUT2D eigenvalue weighted by Gasteiger charge is 2.25. The summed E-state index contributed by atoms with van der Waals surface area (Å²) < 4.78 is 36.5. The monoisotopic (exact) mass is 462 g/mol. The molecule has 1 aliphatic heterocycles. The number of aromatic nitrogens is 4. The first kappa shape index (κ1) is 21.3. The van der Waals surface area contributed by atoms with Crippen molar-refractivity contribution in [1.82, 2.24) is 19.5 Å². The standard InChI is InChI=1S/C22H25ClF2N6O/c23-13-9-16(24)19(17(25)10-13)29-22-28-18-11-26-21(27-14-5-4-8-32-12-14)30-20(18)31(22)15-6-2-1-3-7-15/h9-11,14-15H,1-8,12H2,(H,28,29)(H,26,27,30)/t14-/m0/s1. The molecule has 0 spiro atoms. The quantitative estimate of drug-likeness (QED) is 0.514. The van der Waals surface area contributed by atoms with Crippen LogP contribution in [-0.2, 0) is 4.74 Å². The van der Waals surface area contributed by atoms with E-state index in [9.17, 15) is 8.78 Å². The number of rotatable bonds is 5. The lowest BCUT2D eigenvalue weighted by Gasteiger charge is -2.26. The average molecular weight is 463 g/mol. The minimum absolute atomic E-state index is 0.000362. The van der Waals surface area contributed by atoms with Gasteiger partial charge >= 0.3 is 0 Å². The van der Waals surface area contributed by atoms with E-state index in [1.54, 1.807) is 6.20 Å². The molecule has 2 aromatic heterocycles. The highest BCUT2D eigenvalue weighted by Crippen LogP contribution is 2.36. The van der Waals surface area contributed by atoms with Crippen LogP contribution in [-0.4, -0.2) is 38.8 Å². The third-order valence-corrected chi connectivity index (χ3v) is 6.33. The SMILES string of the molecule is Fc1cc(Cl)cc(F)c1Nc1nc2cnc(N[C@H]3CCCOC3)nc2n1C1CCCCC1. The van der Waals surface area contributed by atoms with Crippen LogP contribution in [0.15, 0.2) is 18.3 Å². The number of fused-ring (bicyclic) bond motifs is 1. The lowest BCUT2D eigenvalue weighted by molar-refractivity contribution is 0.0874. The van der Waals surface area contributed by atoms with Crippen LogP contribution in [0.4, 0.5) is 26.4 Å². The van der Waals surface area contributed by atoms with Gasteiger partial charge in [0.05, 0.1) is 18.8 Å². The van der Waals surface area contributed by atoms with Gasteiger partial charge in [0, 0.05) is 17.7 Å². The summed E-state index contributed by atoms with van der Waals surface area (Å²) in [5.74, 6) is -0.703. The number of hydrogen-bond donors (Lipinski definition) is 2. The number of halogens is 3. The van der Waals surface area contributed by atoms with Gasteiger partial charge in [0.25, 0.3) is 0 Å². The molecule has 170 valence electrons. The van der Waals surface area contributed by atoms with Gasteiger partial charge in [-0.15, -0.1) is 0 Å². The molecule has 1 atom stereocenters. The minimum atomic E-state index is -0.775. The summed E-state index contributed by atoms with van der Waals surface area (Å²) in [4.78, 5) is 13.7. The first-order valence-corrected chi connectivity index (χ1v) is 11.5. The third-order valence-electron chi connectivity index (χ3n) is 6.11. The van der Waals surface area contributed by atoms with Crippen LogP contribution < -0.4 is 10.6 Å². The van der Waals surface area contributed by atoms with Crippen LogP contribution in [0, 0.1) is 11.6 Å². The van der Waals surface area contributed by atoms with E-state index in [1.165, 1.54) is 6.42 Å². The molecule has 0 radical (unpaired) electrons. The molecular weight excluding hydrogens is 438 g/mol. The Morgan fingerprint density at radius 2 is 1.81 bits per heavy atom. The average Bonchev–Trinajstić information content (AvgIpc) is 3.15. The van der Waals surface area contributed by atoms with E-state index in [0.717, 1.165) is 57.3 Å². The molecule has 1 saturated heterocycles. The van der Waals surface area contributed by atoms with Gasteiger partial charge in [-0.1, -0.05) is 30.9 Å². The second-order valence-electron chi connectivity index (χ2n) is 8.43. The largest absolute Gasteiger partial charge is 0.379 e. The predicted octanol–water partition coefficient (Wildman–Crippen LogP) is 5.60. The van der Waals surface area contributed by atoms with Crippen LogP contribution in [0.5, 0.6) is 0 Å². The molecule has 7 nitrogen and oxygen atoms in total. The zero-order valence-electron chi connectivity index (χ0n) is 17.6. The molecule has 0 bridgehead atoms. The van der Waals surface area contributed by atoms with Crippen molar-refractivity contribution in [3.63, 3.8) is 0 Å². The highest BCUT2D eigenvalue weighted by atomic mass is 35.5. The Labute approximate surface area is 189 Å². The van der Waals surface area contributed by atoms with E-state index in [4.69, 9.17) is 21.3 Å². The van der Waals surface area contributed by atoms with Gasteiger partial charge in [0.15, 0.2) is 17.3 Å². The number of nitrogens with one attached hydrogen (secondary N) is 2. The van der Waals surface area contributed by atoms with Crippen molar-refractivity contribution in [1.29, 1.82) is 0 Å². The Morgan fingerprint density at radius 1 is 1.03 bits per heavy atom. The van der Waals surface area contributed by atoms with Crippen LogP contribution in [0.25, 0.3) is 11.2 Å². The smallest absolute Gasteiger partial charge is 0.225 e. The lowest BCUT2D eigenvalue weighted by Crippen LogP contribution is -2.30. The fraction of sp³-hybridized carbons (Fsp3) is 0.500. The van der Waals surface area contributed by atoms with E-state index < -0.39 is 11.6 Å². The van der Waals surface area contributed by atoms with Gasteiger partial charge in [-0.05, 0) is 37.8 Å². The molecule has 1 aliphatic carbocycles. The second kappa shape index (κ2) is 9.15. The fourth-order valence-corrected chi connectivity index (χ4v) is 4.74. The molecular formula is C22H25ClF2N6O. The Kier molecular flexibility index (Phi) is 6.10. The molecule has 1 aromatic carbocycles. The summed E-state index contributed by atoms with van der Waals surface area (Å²) in [5, 5.41) is 6.20. The number of imidazole rings is 1. The first-order valence-electron chi connectivity index (χ1n) is 11.1. The van der Waals surface area contributed by atoms with Crippen LogP contribution in [0.2, 0.25) is 5.02 Å². The Morgan fingerprint density at radius 3 is 2.53 bits per heavy atom. The third kappa shape index (κ3) is 4.36. The number of anilines is 3. The van der Waals surface area contributed by atoms with Crippen LogP contribution in [0.3, 0.4) is 0 Å². The zero-order valence-corrected chi connectivity index (χ0v) is 18.3. The van der Waals surface area contributed by atoms with E-state index in [0.29, 0.717) is 29.7 Å². The van der Waals surface area contributed by atoms with Crippen LogP contribution in [0.1, 0.15) is 51.0 Å². The molecule has 3 heterocycles. The Hall–Kier alpha value is -2.52. The Balaban J connectivity index is 1.54. The molecule has 32 heavy (non-hydrogen) atoms. The van der Waals surface area contributed by atoms with E-state index in [2.05, 4.69) is 20.6 Å². The van der Waals surface area contributed by atoms with Gasteiger partial charge in [0.1, 0.15) is 11.2 Å². The van der Waals surface area contributed by atoms with Gasteiger partial charge in [-0.3, -0.25) is 4.57 Å². The molecule has 0 unspecified atom stereocenters. The summed E-state index contributed by atoms with van der Waals surface area (Å²) in [6, 6.07) is 2.45.